The SMILES string of the molecule is CN1C(=O)N(c2ccc(C#N)c(C(F)(F)F)c2)C(=N)C12CCCC2. The molecular formula is C16H15F3N4O. The van der Waals surface area contributed by atoms with Gasteiger partial charge in [-0.25, -0.2) is 9.69 Å². The Morgan fingerprint density at radius 1 is 1.29 bits per heavy atom. The third-order valence-corrected chi connectivity index (χ3v) is 4.90. The summed E-state index contributed by atoms with van der Waals surface area (Å²) in [6, 6.07) is 4.09. The van der Waals surface area contributed by atoms with E-state index in [9.17, 15) is 18.0 Å². The number of hydrogen-bond acceptors (Lipinski definition) is 3. The maximum atomic E-state index is 13.1. The molecule has 1 heterocycles. The number of rotatable bonds is 1. The van der Waals surface area contributed by atoms with Gasteiger partial charge in [-0.3, -0.25) is 5.41 Å². The van der Waals surface area contributed by atoms with Crippen molar-refractivity contribution in [3.63, 3.8) is 0 Å². The van der Waals surface area contributed by atoms with Gasteiger partial charge in [0.05, 0.1) is 22.9 Å². The number of anilines is 1. The summed E-state index contributed by atoms with van der Waals surface area (Å²) in [7, 11) is 1.58. The highest BCUT2D eigenvalue weighted by Gasteiger charge is 2.54. The number of urea groups is 1. The van der Waals surface area contributed by atoms with Crippen molar-refractivity contribution >= 4 is 17.6 Å². The molecule has 1 saturated heterocycles. The summed E-state index contributed by atoms with van der Waals surface area (Å²) < 4.78 is 39.4. The lowest BCUT2D eigenvalue weighted by molar-refractivity contribution is -0.137. The minimum Gasteiger partial charge on any atom is -0.314 e. The molecule has 0 unspecified atom stereocenters. The van der Waals surface area contributed by atoms with Crippen LogP contribution in [0.5, 0.6) is 0 Å². The van der Waals surface area contributed by atoms with Crippen LogP contribution in [0.3, 0.4) is 0 Å². The van der Waals surface area contributed by atoms with Gasteiger partial charge >= 0.3 is 12.2 Å². The zero-order valence-corrected chi connectivity index (χ0v) is 12.9. The highest BCUT2D eigenvalue weighted by atomic mass is 19.4. The van der Waals surface area contributed by atoms with Crippen molar-refractivity contribution in [3.8, 4) is 6.07 Å². The van der Waals surface area contributed by atoms with Gasteiger partial charge in [0.25, 0.3) is 0 Å². The fraction of sp³-hybridized carbons (Fsp3) is 0.438. The summed E-state index contributed by atoms with van der Waals surface area (Å²) in [5.41, 5.74) is -2.37. The molecule has 0 radical (unpaired) electrons. The molecule has 8 heteroatoms. The van der Waals surface area contributed by atoms with Gasteiger partial charge in [-0.1, -0.05) is 12.8 Å². The molecule has 1 N–H and O–H groups in total. The predicted octanol–water partition coefficient (Wildman–Crippen LogP) is 3.74. The fourth-order valence-corrected chi connectivity index (χ4v) is 3.57. The van der Waals surface area contributed by atoms with Crippen molar-refractivity contribution in [1.29, 1.82) is 10.7 Å². The first-order valence-corrected chi connectivity index (χ1v) is 7.51. The molecule has 1 saturated carbocycles. The first-order valence-electron chi connectivity index (χ1n) is 7.51. The maximum Gasteiger partial charge on any atom is 0.417 e. The number of nitriles is 1. The molecule has 1 aliphatic carbocycles. The number of nitrogens with one attached hydrogen (secondary N) is 1. The first-order chi connectivity index (χ1) is 11.2. The number of amides is 2. The van der Waals surface area contributed by atoms with Crippen LogP contribution in [0, 0.1) is 16.7 Å². The Morgan fingerprint density at radius 3 is 2.46 bits per heavy atom. The van der Waals surface area contributed by atoms with Crippen LogP contribution in [-0.4, -0.2) is 29.4 Å². The molecule has 2 aliphatic rings. The third-order valence-electron chi connectivity index (χ3n) is 4.90. The van der Waals surface area contributed by atoms with Gasteiger partial charge in [0.1, 0.15) is 11.4 Å². The van der Waals surface area contributed by atoms with Crippen molar-refractivity contribution in [2.24, 2.45) is 0 Å². The number of carbonyl (C=O) groups excluding carboxylic acids is 1. The molecule has 0 bridgehead atoms. The summed E-state index contributed by atoms with van der Waals surface area (Å²) in [6.45, 7) is 0. The average molecular weight is 336 g/mol. The van der Waals surface area contributed by atoms with Gasteiger partial charge in [-0.15, -0.1) is 0 Å². The summed E-state index contributed by atoms with van der Waals surface area (Å²) in [5.74, 6) is 0.00494. The molecule has 0 atom stereocenters. The Bertz CT molecular complexity index is 760. The molecule has 2 amide bonds. The van der Waals surface area contributed by atoms with Crippen LogP contribution in [-0.2, 0) is 6.18 Å². The maximum absolute atomic E-state index is 13.1. The summed E-state index contributed by atoms with van der Waals surface area (Å²) in [6.07, 6.45) is -1.70. The Hall–Kier alpha value is -2.56. The van der Waals surface area contributed by atoms with E-state index in [1.54, 1.807) is 7.05 Å². The zero-order valence-electron chi connectivity index (χ0n) is 12.9. The van der Waals surface area contributed by atoms with E-state index >= 15 is 0 Å². The number of carbonyl (C=O) groups is 1. The summed E-state index contributed by atoms with van der Waals surface area (Å²) in [4.78, 5) is 15.0. The monoisotopic (exact) mass is 336 g/mol. The van der Waals surface area contributed by atoms with Crippen molar-refractivity contribution in [2.75, 3.05) is 11.9 Å². The topological polar surface area (TPSA) is 71.2 Å². The van der Waals surface area contributed by atoms with Gasteiger partial charge in [0.15, 0.2) is 0 Å². The molecule has 1 spiro atoms. The average Bonchev–Trinajstić information content (AvgIpc) is 3.09. The molecule has 5 nitrogen and oxygen atoms in total. The number of benzene rings is 1. The lowest BCUT2D eigenvalue weighted by atomic mass is 9.95. The highest BCUT2D eigenvalue weighted by Crippen LogP contribution is 2.43. The number of nitrogens with zero attached hydrogens (tertiary/aromatic N) is 3. The van der Waals surface area contributed by atoms with Crippen LogP contribution in [0.1, 0.15) is 36.8 Å². The van der Waals surface area contributed by atoms with E-state index < -0.39 is 28.9 Å². The normalized spacial score (nSPS) is 20.1. The second-order valence-electron chi connectivity index (χ2n) is 6.10. The number of halogens is 3. The molecule has 1 aliphatic heterocycles. The first kappa shape index (κ1) is 16.3. The Labute approximate surface area is 136 Å². The van der Waals surface area contributed by atoms with Gasteiger partial charge < -0.3 is 4.90 Å². The Balaban J connectivity index is 2.08. The second-order valence-corrected chi connectivity index (χ2v) is 6.10. The molecule has 1 aromatic carbocycles. The second kappa shape index (κ2) is 5.23. The van der Waals surface area contributed by atoms with Crippen molar-refractivity contribution in [2.45, 2.75) is 37.4 Å². The van der Waals surface area contributed by atoms with Crippen LogP contribution in [0.15, 0.2) is 18.2 Å². The molecule has 0 aromatic heterocycles. The molecule has 1 aromatic rings. The van der Waals surface area contributed by atoms with Crippen molar-refractivity contribution in [3.05, 3.63) is 29.3 Å². The molecule has 3 rings (SSSR count). The fourth-order valence-electron chi connectivity index (χ4n) is 3.57. The quantitative estimate of drug-likeness (QED) is 0.848. The number of alkyl halides is 3. The van der Waals surface area contributed by atoms with E-state index in [0.29, 0.717) is 12.8 Å². The lowest BCUT2D eigenvalue weighted by Crippen LogP contribution is -2.44. The zero-order chi connectivity index (χ0) is 17.7. The summed E-state index contributed by atoms with van der Waals surface area (Å²) in [5, 5.41) is 17.3. The molecule has 2 fully saturated rings. The van der Waals surface area contributed by atoms with Crippen LogP contribution in [0.25, 0.3) is 0 Å². The third kappa shape index (κ3) is 2.15. The van der Waals surface area contributed by atoms with Crippen molar-refractivity contribution < 1.29 is 18.0 Å². The predicted molar refractivity (Wildman–Crippen MR) is 80.7 cm³/mol. The van der Waals surface area contributed by atoms with Gasteiger partial charge in [0.2, 0.25) is 0 Å². The van der Waals surface area contributed by atoms with E-state index in [1.165, 1.54) is 17.0 Å². The van der Waals surface area contributed by atoms with Gasteiger partial charge in [0, 0.05) is 7.05 Å². The van der Waals surface area contributed by atoms with E-state index in [-0.39, 0.29) is 11.5 Å². The van der Waals surface area contributed by atoms with Gasteiger partial charge in [-0.05, 0) is 31.0 Å². The minimum atomic E-state index is -4.71. The van der Waals surface area contributed by atoms with Crippen LogP contribution < -0.4 is 4.90 Å². The molecule has 126 valence electrons. The van der Waals surface area contributed by atoms with E-state index in [0.717, 1.165) is 29.9 Å². The Kier molecular flexibility index (Phi) is 3.55. The Morgan fingerprint density at radius 2 is 1.92 bits per heavy atom. The minimum absolute atomic E-state index is 0.00494. The highest BCUT2D eigenvalue weighted by molar-refractivity contribution is 6.24. The standard InChI is InChI=1S/C16H15F3N4O/c1-22-14(24)23(13(21)15(22)6-2-3-7-15)11-5-4-10(9-20)12(8-11)16(17,18)19/h4-5,8,21H,2-3,6-7H2,1H3. The number of likely N-dealkylation sites (N-methyl/N-ethyl adjacent to an activating group) is 1. The van der Waals surface area contributed by atoms with E-state index in [1.807, 2.05) is 0 Å². The largest absolute Gasteiger partial charge is 0.417 e. The molecular weight excluding hydrogens is 321 g/mol. The number of amidine groups is 1. The summed E-state index contributed by atoms with van der Waals surface area (Å²) >= 11 is 0. The van der Waals surface area contributed by atoms with E-state index in [4.69, 9.17) is 10.7 Å². The number of hydrogen-bond donors (Lipinski definition) is 1. The smallest absolute Gasteiger partial charge is 0.314 e. The molecule has 24 heavy (non-hydrogen) atoms. The lowest BCUT2D eigenvalue weighted by Gasteiger charge is -2.29. The van der Waals surface area contributed by atoms with Crippen LogP contribution >= 0.6 is 0 Å². The van der Waals surface area contributed by atoms with E-state index in [2.05, 4.69) is 0 Å². The van der Waals surface area contributed by atoms with Gasteiger partial charge in [-0.2, -0.15) is 18.4 Å². The van der Waals surface area contributed by atoms with Crippen LogP contribution in [0.4, 0.5) is 23.7 Å². The van der Waals surface area contributed by atoms with Crippen LogP contribution in [0.2, 0.25) is 0 Å². The van der Waals surface area contributed by atoms with Crippen molar-refractivity contribution in [1.82, 2.24) is 4.90 Å².